The van der Waals surface area contributed by atoms with Crippen molar-refractivity contribution in [3.63, 3.8) is 0 Å². The van der Waals surface area contributed by atoms with Crippen LogP contribution in [0.2, 0.25) is 5.02 Å². The van der Waals surface area contributed by atoms with Crippen LogP contribution in [0.25, 0.3) is 0 Å². The molecule has 2 aromatic rings. The highest BCUT2D eigenvalue weighted by Crippen LogP contribution is 2.59. The molecule has 3 fully saturated rings. The summed E-state index contributed by atoms with van der Waals surface area (Å²) in [5, 5.41) is 9.97. The number of halogens is 1. The zero-order valence-electron chi connectivity index (χ0n) is 23.0. The lowest BCUT2D eigenvalue weighted by molar-refractivity contribution is -0.140. The Morgan fingerprint density at radius 3 is 2.27 bits per heavy atom. The largest absolute Gasteiger partial charge is 0.396 e. The van der Waals surface area contributed by atoms with Crippen molar-refractivity contribution in [2.45, 2.75) is 43.4 Å². The zero-order chi connectivity index (χ0) is 29.1. The number of rotatable bonds is 12. The van der Waals surface area contributed by atoms with Crippen LogP contribution in [0.5, 0.6) is 0 Å². The molecule has 1 spiro atoms. The lowest BCUT2D eigenvalue weighted by Gasteiger charge is -2.37. The first kappa shape index (κ1) is 29.0. The highest BCUT2D eigenvalue weighted by molar-refractivity contribution is 6.30. The van der Waals surface area contributed by atoms with Crippen molar-refractivity contribution in [1.82, 2.24) is 4.90 Å². The monoisotopic (exact) mass is 577 g/mol. The Balaban J connectivity index is 1.54. The molecule has 2 bridgehead atoms. The second kappa shape index (κ2) is 12.2. The Kier molecular flexibility index (Phi) is 8.63. The summed E-state index contributed by atoms with van der Waals surface area (Å²) in [6, 6.07) is 15.4. The van der Waals surface area contributed by atoms with Crippen molar-refractivity contribution in [3.8, 4) is 0 Å². The second-order valence-corrected chi connectivity index (χ2v) is 11.2. The van der Waals surface area contributed by atoms with Gasteiger partial charge in [0, 0.05) is 42.6 Å². The van der Waals surface area contributed by atoms with Gasteiger partial charge in [-0.05, 0) is 62.1 Å². The number of ether oxygens (including phenoxy) is 1. The molecule has 9 heteroatoms. The summed E-state index contributed by atoms with van der Waals surface area (Å²) >= 11 is 6.12. The number of benzene rings is 2. The lowest BCUT2D eigenvalue weighted by atomic mass is 9.70. The number of unbranched alkanes of at least 4 members (excludes halogenated alkanes) is 1. The highest BCUT2D eigenvalue weighted by Gasteiger charge is 2.74. The number of amides is 3. The number of aliphatic hydroxyl groups is 1. The van der Waals surface area contributed by atoms with Crippen LogP contribution in [0.3, 0.4) is 0 Å². The molecule has 2 aromatic carbocycles. The van der Waals surface area contributed by atoms with E-state index in [0.717, 1.165) is 0 Å². The van der Waals surface area contributed by atoms with Crippen LogP contribution in [0.15, 0.2) is 79.9 Å². The molecule has 5 atom stereocenters. The van der Waals surface area contributed by atoms with E-state index >= 15 is 0 Å². The van der Waals surface area contributed by atoms with Crippen LogP contribution in [-0.4, -0.2) is 71.7 Å². The van der Waals surface area contributed by atoms with Crippen LogP contribution in [0, 0.1) is 11.8 Å². The third-order valence-corrected chi connectivity index (χ3v) is 8.74. The molecule has 3 saturated heterocycles. The van der Waals surface area contributed by atoms with Crippen LogP contribution < -0.4 is 9.80 Å². The van der Waals surface area contributed by atoms with Crippen molar-refractivity contribution in [2.75, 3.05) is 36.0 Å². The normalized spacial score (nSPS) is 26.1. The van der Waals surface area contributed by atoms with Gasteiger partial charge in [0.2, 0.25) is 11.8 Å². The first-order valence-corrected chi connectivity index (χ1v) is 14.5. The summed E-state index contributed by atoms with van der Waals surface area (Å²) < 4.78 is 6.63. The maximum absolute atomic E-state index is 14.5. The van der Waals surface area contributed by atoms with Crippen LogP contribution in [-0.2, 0) is 19.1 Å². The Labute approximate surface area is 245 Å². The standard InChI is InChI=1S/C32H36ClN3O5/c1-3-18-34(23-10-6-5-7-11-23)29(38)26-25-16-17-32(41-25)27(26)30(39)36(20-8-9-21-37)28(32)31(40)35(19-4-2)24-14-12-22(33)13-15-24/h3-7,10-15,25-28,37H,1-2,8-9,16-21H2/t25-,26+,27+,28?,32?/m1/s1. The molecule has 2 unspecified atom stereocenters. The lowest BCUT2D eigenvalue weighted by Crippen LogP contribution is -2.56. The van der Waals surface area contributed by atoms with Crippen LogP contribution in [0.4, 0.5) is 11.4 Å². The Bertz CT molecular complexity index is 1300. The van der Waals surface area contributed by atoms with Crippen molar-refractivity contribution < 1.29 is 24.2 Å². The van der Waals surface area contributed by atoms with E-state index in [2.05, 4.69) is 13.2 Å². The average molecular weight is 578 g/mol. The van der Waals surface area contributed by atoms with Gasteiger partial charge in [0.1, 0.15) is 11.6 Å². The van der Waals surface area contributed by atoms with Crippen molar-refractivity contribution in [3.05, 3.63) is 84.9 Å². The number of nitrogens with zero attached hydrogens (tertiary/aromatic N) is 3. The Morgan fingerprint density at radius 2 is 1.63 bits per heavy atom. The molecule has 0 aromatic heterocycles. The van der Waals surface area contributed by atoms with Gasteiger partial charge in [-0.3, -0.25) is 14.4 Å². The minimum absolute atomic E-state index is 0.0180. The average Bonchev–Trinajstić information content (AvgIpc) is 3.62. The quantitative estimate of drug-likeness (QED) is 0.301. The Hall–Kier alpha value is -3.46. The van der Waals surface area contributed by atoms with Gasteiger partial charge in [0.25, 0.3) is 5.91 Å². The van der Waals surface area contributed by atoms with Crippen molar-refractivity contribution in [2.24, 2.45) is 11.8 Å². The first-order chi connectivity index (χ1) is 19.9. The summed E-state index contributed by atoms with van der Waals surface area (Å²) in [7, 11) is 0. The molecule has 216 valence electrons. The molecule has 1 N–H and O–H groups in total. The molecule has 3 heterocycles. The Morgan fingerprint density at radius 1 is 1.00 bits per heavy atom. The van der Waals surface area contributed by atoms with E-state index in [1.165, 1.54) is 0 Å². The smallest absolute Gasteiger partial charge is 0.253 e. The molecule has 3 amide bonds. The SMILES string of the molecule is C=CCN(C(=O)C1N(CCCCO)C(=O)[C@@H]2[C@@H](C(=O)N(CC=C)c3ccccc3)[C@H]3CCC12O3)c1ccc(Cl)cc1. The van der Waals surface area contributed by atoms with Gasteiger partial charge in [-0.15, -0.1) is 13.2 Å². The maximum Gasteiger partial charge on any atom is 0.253 e. The molecule has 41 heavy (non-hydrogen) atoms. The number of para-hydroxylation sites is 1. The van der Waals surface area contributed by atoms with E-state index in [9.17, 15) is 19.5 Å². The number of anilines is 2. The number of likely N-dealkylation sites (tertiary alicyclic amines) is 1. The highest BCUT2D eigenvalue weighted by atomic mass is 35.5. The number of carbonyl (C=O) groups excluding carboxylic acids is 3. The van der Waals surface area contributed by atoms with E-state index in [1.807, 2.05) is 30.3 Å². The summed E-state index contributed by atoms with van der Waals surface area (Å²) in [4.78, 5) is 47.8. The molecular formula is C32H36ClN3O5. The van der Waals surface area contributed by atoms with Gasteiger partial charge >= 0.3 is 0 Å². The van der Waals surface area contributed by atoms with E-state index in [1.54, 1.807) is 51.1 Å². The van der Waals surface area contributed by atoms with Crippen LogP contribution in [0.1, 0.15) is 25.7 Å². The number of aliphatic hydroxyl groups excluding tert-OH is 1. The van der Waals surface area contributed by atoms with E-state index in [4.69, 9.17) is 16.3 Å². The van der Waals surface area contributed by atoms with Gasteiger partial charge in [-0.25, -0.2) is 0 Å². The van der Waals surface area contributed by atoms with Gasteiger partial charge in [-0.2, -0.15) is 0 Å². The van der Waals surface area contributed by atoms with Gasteiger partial charge in [-0.1, -0.05) is 42.0 Å². The predicted molar refractivity (Wildman–Crippen MR) is 159 cm³/mol. The third-order valence-electron chi connectivity index (χ3n) is 8.49. The number of hydrogen-bond donors (Lipinski definition) is 1. The maximum atomic E-state index is 14.5. The number of carbonyl (C=O) groups is 3. The number of hydrogen-bond acceptors (Lipinski definition) is 5. The molecule has 3 aliphatic heterocycles. The van der Waals surface area contributed by atoms with Gasteiger partial charge in [0.15, 0.2) is 0 Å². The zero-order valence-corrected chi connectivity index (χ0v) is 23.8. The first-order valence-electron chi connectivity index (χ1n) is 14.1. The van der Waals surface area contributed by atoms with E-state index < -0.39 is 29.6 Å². The number of fused-ring (bicyclic) bond motifs is 1. The predicted octanol–water partition coefficient (Wildman–Crippen LogP) is 4.23. The van der Waals surface area contributed by atoms with Crippen LogP contribution >= 0.6 is 11.6 Å². The van der Waals surface area contributed by atoms with Gasteiger partial charge in [0.05, 0.1) is 17.9 Å². The summed E-state index contributed by atoms with van der Waals surface area (Å²) in [6.07, 6.45) is 4.92. The minimum Gasteiger partial charge on any atom is -0.396 e. The fourth-order valence-electron chi connectivity index (χ4n) is 6.81. The van der Waals surface area contributed by atoms with Crippen molar-refractivity contribution in [1.29, 1.82) is 0 Å². The molecule has 0 aliphatic carbocycles. The fourth-order valence-corrected chi connectivity index (χ4v) is 6.93. The topological polar surface area (TPSA) is 90.4 Å². The summed E-state index contributed by atoms with van der Waals surface area (Å²) in [6.45, 7) is 8.45. The minimum atomic E-state index is -1.12. The molecule has 8 nitrogen and oxygen atoms in total. The van der Waals surface area contributed by atoms with Crippen molar-refractivity contribution >= 4 is 40.7 Å². The third kappa shape index (κ3) is 5.09. The summed E-state index contributed by atoms with van der Waals surface area (Å²) in [5.74, 6) is -2.25. The molecule has 0 radical (unpaired) electrons. The van der Waals surface area contributed by atoms with E-state index in [0.29, 0.717) is 42.1 Å². The summed E-state index contributed by atoms with van der Waals surface area (Å²) in [5.41, 5.74) is 0.219. The van der Waals surface area contributed by atoms with E-state index in [-0.39, 0.29) is 44.0 Å². The molecular weight excluding hydrogens is 542 g/mol. The molecule has 0 saturated carbocycles. The second-order valence-electron chi connectivity index (χ2n) is 10.8. The molecule has 5 rings (SSSR count). The molecule has 3 aliphatic rings. The van der Waals surface area contributed by atoms with Gasteiger partial charge < -0.3 is 24.5 Å². The fraction of sp³-hybridized carbons (Fsp3) is 0.406.